The Kier molecular flexibility index (Phi) is 6.85. The maximum Gasteiger partial charge on any atom is 0.278 e. The topological polar surface area (TPSA) is 24.8 Å². The van der Waals surface area contributed by atoms with E-state index in [1.165, 1.54) is 16.0 Å². The monoisotopic (exact) mass is 403 g/mol. The van der Waals surface area contributed by atoms with Gasteiger partial charge in [-0.05, 0) is 26.8 Å². The van der Waals surface area contributed by atoms with E-state index in [-0.39, 0.29) is 11.3 Å². The van der Waals surface area contributed by atoms with Crippen molar-refractivity contribution in [2.24, 2.45) is 0 Å². The number of thioether (sulfide) groups is 1. The lowest BCUT2D eigenvalue weighted by atomic mass is 10.1. The molecule has 1 aliphatic heterocycles. The molecule has 1 N–H and O–H groups in total. The molecule has 1 saturated heterocycles. The maximum atomic E-state index is 13.1. The third kappa shape index (κ3) is 5.07. The van der Waals surface area contributed by atoms with Gasteiger partial charge in [-0.1, -0.05) is 59.6 Å². The average Bonchev–Trinajstić information content (AvgIpc) is 3.13. The Bertz CT molecular complexity index is 778. The lowest BCUT2D eigenvalue weighted by molar-refractivity contribution is -0.927. The minimum Gasteiger partial charge on any atom is -0.321 e. The Morgan fingerprint density at radius 3 is 2.59 bits per heavy atom. The number of halogens is 1. The highest BCUT2D eigenvalue weighted by molar-refractivity contribution is 7.99. The van der Waals surface area contributed by atoms with E-state index in [1.807, 2.05) is 29.2 Å². The molecule has 144 valence electrons. The summed E-state index contributed by atoms with van der Waals surface area (Å²) in [5.74, 6) is 1.16. The summed E-state index contributed by atoms with van der Waals surface area (Å²) in [6, 6.07) is 16.9. The van der Waals surface area contributed by atoms with Gasteiger partial charge < -0.3 is 9.80 Å². The molecule has 1 unspecified atom stereocenters. The van der Waals surface area contributed by atoms with E-state index >= 15 is 0 Å². The third-order valence-corrected chi connectivity index (χ3v) is 6.72. The molecule has 3 rings (SSSR count). The molecule has 0 bridgehead atoms. The van der Waals surface area contributed by atoms with Crippen molar-refractivity contribution in [3.63, 3.8) is 0 Å². The summed E-state index contributed by atoms with van der Waals surface area (Å²) in [5, 5.41) is 0.765. The molecule has 2 aromatic rings. The van der Waals surface area contributed by atoms with Crippen LogP contribution in [0.15, 0.2) is 48.5 Å². The Labute approximate surface area is 171 Å². The fraction of sp³-hybridized carbons (Fsp3) is 0.409. The second-order valence-electron chi connectivity index (χ2n) is 7.48. The van der Waals surface area contributed by atoms with E-state index < -0.39 is 0 Å². The minimum absolute atomic E-state index is 0.0268. The van der Waals surface area contributed by atoms with Gasteiger partial charge in [0, 0.05) is 28.4 Å². The van der Waals surface area contributed by atoms with Crippen molar-refractivity contribution in [1.29, 1.82) is 0 Å². The van der Waals surface area contributed by atoms with E-state index in [2.05, 4.69) is 45.0 Å². The van der Waals surface area contributed by atoms with Crippen molar-refractivity contribution in [2.75, 3.05) is 18.8 Å². The van der Waals surface area contributed by atoms with E-state index in [0.717, 1.165) is 29.4 Å². The summed E-state index contributed by atoms with van der Waals surface area (Å²) in [6.07, 6.45) is 0. The molecule has 2 aromatic carbocycles. The van der Waals surface area contributed by atoms with Gasteiger partial charge in [-0.15, -0.1) is 11.8 Å². The van der Waals surface area contributed by atoms with Crippen LogP contribution in [0.3, 0.4) is 0 Å². The molecule has 2 atom stereocenters. The van der Waals surface area contributed by atoms with Crippen LogP contribution < -0.4 is 4.90 Å². The molecule has 0 spiro atoms. The second kappa shape index (κ2) is 9.13. The van der Waals surface area contributed by atoms with Gasteiger partial charge in [0.05, 0.1) is 6.04 Å². The third-order valence-electron chi connectivity index (χ3n) is 5.13. The highest BCUT2D eigenvalue weighted by Crippen LogP contribution is 2.40. The van der Waals surface area contributed by atoms with Crippen molar-refractivity contribution in [3.8, 4) is 0 Å². The van der Waals surface area contributed by atoms with Gasteiger partial charge >= 0.3 is 0 Å². The number of carbonyl (C=O) groups is 1. The van der Waals surface area contributed by atoms with Crippen LogP contribution in [-0.4, -0.2) is 35.7 Å². The number of aryl methyl sites for hydroxylation is 1. The van der Waals surface area contributed by atoms with Crippen LogP contribution in [0.4, 0.5) is 0 Å². The number of carbonyl (C=O) groups excluding carboxylic acids is 1. The number of nitrogens with one attached hydrogen (secondary N) is 1. The van der Waals surface area contributed by atoms with E-state index in [0.29, 0.717) is 12.6 Å². The highest BCUT2D eigenvalue weighted by atomic mass is 35.5. The highest BCUT2D eigenvalue weighted by Gasteiger charge is 2.34. The number of benzene rings is 2. The van der Waals surface area contributed by atoms with Gasteiger partial charge in [0.1, 0.15) is 11.9 Å². The number of rotatable bonds is 6. The summed E-state index contributed by atoms with van der Waals surface area (Å²) < 4.78 is 0. The first-order valence-electron chi connectivity index (χ1n) is 9.51. The lowest BCUT2D eigenvalue weighted by Crippen LogP contribution is -3.14. The van der Waals surface area contributed by atoms with Crippen LogP contribution in [0.1, 0.15) is 35.9 Å². The zero-order valence-electron chi connectivity index (χ0n) is 16.2. The largest absolute Gasteiger partial charge is 0.321 e. The van der Waals surface area contributed by atoms with E-state index in [1.54, 1.807) is 11.8 Å². The minimum atomic E-state index is 0.0268. The van der Waals surface area contributed by atoms with E-state index in [4.69, 9.17) is 11.6 Å². The van der Waals surface area contributed by atoms with Gasteiger partial charge in [0.2, 0.25) is 0 Å². The number of quaternary nitrogens is 1. The van der Waals surface area contributed by atoms with Crippen molar-refractivity contribution >= 4 is 29.3 Å². The molecule has 1 aliphatic rings. The number of hydrogen-bond donors (Lipinski definition) is 1. The average molecular weight is 404 g/mol. The van der Waals surface area contributed by atoms with Gasteiger partial charge in [0.15, 0.2) is 6.54 Å². The van der Waals surface area contributed by atoms with E-state index in [9.17, 15) is 4.79 Å². The Morgan fingerprint density at radius 1 is 1.22 bits per heavy atom. The Hall–Kier alpha value is -1.49. The SMILES string of the molecule is Cc1ccc(C[NH+](CC(=O)N2CCS[C@H]2c2ccccc2Cl)C(C)C)cc1. The fourth-order valence-corrected chi connectivity index (χ4v) is 5.01. The van der Waals surface area contributed by atoms with Gasteiger partial charge in [-0.25, -0.2) is 0 Å². The molecule has 0 radical (unpaired) electrons. The molecule has 1 heterocycles. The second-order valence-corrected chi connectivity index (χ2v) is 9.08. The first kappa shape index (κ1) is 20.2. The van der Waals surface area contributed by atoms with Gasteiger partial charge in [0.25, 0.3) is 5.91 Å². The smallest absolute Gasteiger partial charge is 0.278 e. The molecular formula is C22H28ClN2OS+. The molecule has 3 nitrogen and oxygen atoms in total. The summed E-state index contributed by atoms with van der Waals surface area (Å²) in [4.78, 5) is 16.4. The molecular weight excluding hydrogens is 376 g/mol. The molecule has 27 heavy (non-hydrogen) atoms. The molecule has 0 aliphatic carbocycles. The summed E-state index contributed by atoms with van der Waals surface area (Å²) >= 11 is 8.19. The van der Waals surface area contributed by atoms with Crippen LogP contribution in [0, 0.1) is 6.92 Å². The Morgan fingerprint density at radius 2 is 1.93 bits per heavy atom. The fourth-order valence-electron chi connectivity index (χ4n) is 3.39. The summed E-state index contributed by atoms with van der Waals surface area (Å²) in [6.45, 7) is 8.62. The van der Waals surface area contributed by atoms with Crippen molar-refractivity contribution in [3.05, 3.63) is 70.2 Å². The van der Waals surface area contributed by atoms with Crippen molar-refractivity contribution in [1.82, 2.24) is 4.90 Å². The van der Waals surface area contributed by atoms with Crippen molar-refractivity contribution < 1.29 is 9.69 Å². The standard InChI is InChI=1S/C22H27ClN2OS/c1-16(2)24(14-18-10-8-17(3)9-11-18)15-21(26)25-12-13-27-22(25)19-6-4-5-7-20(19)23/h4-11,16,22H,12-15H2,1-3H3/p+1/t22-/m0/s1. The molecule has 1 fully saturated rings. The van der Waals surface area contributed by atoms with Gasteiger partial charge in [-0.3, -0.25) is 4.79 Å². The predicted octanol–water partition coefficient (Wildman–Crippen LogP) is 3.72. The molecule has 0 saturated carbocycles. The first-order chi connectivity index (χ1) is 13.0. The van der Waals surface area contributed by atoms with Crippen LogP contribution in [0.5, 0.6) is 0 Å². The normalized spacial score (nSPS) is 18.1. The number of amides is 1. The first-order valence-corrected chi connectivity index (χ1v) is 10.9. The van der Waals surface area contributed by atoms with Crippen LogP contribution in [0.2, 0.25) is 5.02 Å². The quantitative estimate of drug-likeness (QED) is 0.795. The van der Waals surface area contributed by atoms with Crippen molar-refractivity contribution in [2.45, 2.75) is 38.7 Å². The van der Waals surface area contributed by atoms with Crippen LogP contribution in [-0.2, 0) is 11.3 Å². The molecule has 1 amide bonds. The summed E-state index contributed by atoms with van der Waals surface area (Å²) in [7, 11) is 0. The van der Waals surface area contributed by atoms with Gasteiger partial charge in [-0.2, -0.15) is 0 Å². The maximum absolute atomic E-state index is 13.1. The van der Waals surface area contributed by atoms with Crippen LogP contribution >= 0.6 is 23.4 Å². The predicted molar refractivity (Wildman–Crippen MR) is 114 cm³/mol. The zero-order valence-corrected chi connectivity index (χ0v) is 17.8. The summed E-state index contributed by atoms with van der Waals surface area (Å²) in [5.41, 5.74) is 3.58. The van der Waals surface area contributed by atoms with Crippen LogP contribution in [0.25, 0.3) is 0 Å². The lowest BCUT2D eigenvalue weighted by Gasteiger charge is -2.29. The number of nitrogens with zero attached hydrogens (tertiary/aromatic N) is 1. The zero-order chi connectivity index (χ0) is 19.4. The Balaban J connectivity index is 1.71. The molecule has 5 heteroatoms. The number of hydrogen-bond acceptors (Lipinski definition) is 2. The molecule has 0 aromatic heterocycles.